The average molecular weight is 480 g/mol. The highest BCUT2D eigenvalue weighted by Crippen LogP contribution is 2.30. The van der Waals surface area contributed by atoms with Gasteiger partial charge in [-0.15, -0.1) is 24.0 Å². The molecule has 0 bridgehead atoms. The molecule has 0 radical (unpaired) electrons. The predicted octanol–water partition coefficient (Wildman–Crippen LogP) is 0.830. The minimum absolute atomic E-state index is 0. The molecular weight excluding hydrogens is 447 g/mol. The lowest BCUT2D eigenvalue weighted by molar-refractivity contribution is -0.125. The third-order valence-electron chi connectivity index (χ3n) is 5.52. The van der Waals surface area contributed by atoms with E-state index in [0.29, 0.717) is 6.04 Å². The number of likely N-dealkylation sites (N-methyl/N-ethyl adjacent to an activating group) is 1. The SMILES string of the molecule is CN=C(NCCN(C)C(C)C)N1CCC(C2(C)NC(=O)NC2=O)CC1.I. The standard InChI is InChI=1S/C17H32N6O2.HI/c1-12(2)22(5)11-8-19-15(18-4)23-9-6-13(7-10-23)17(3)14(24)20-16(25)21-17;/h12-13H,6-11H2,1-5H3,(H,18,19)(H2,20,21,24,25);1H. The molecule has 1 atom stereocenters. The van der Waals surface area contributed by atoms with Crippen LogP contribution in [0.1, 0.15) is 33.6 Å². The lowest BCUT2D eigenvalue weighted by atomic mass is 9.79. The molecule has 0 aliphatic carbocycles. The Bertz CT molecular complexity index is 533. The number of carbonyl (C=O) groups excluding carboxylic acids is 2. The van der Waals surface area contributed by atoms with E-state index in [0.717, 1.165) is 45.0 Å². The summed E-state index contributed by atoms with van der Waals surface area (Å²) in [4.78, 5) is 32.5. The van der Waals surface area contributed by atoms with Gasteiger partial charge < -0.3 is 20.4 Å². The van der Waals surface area contributed by atoms with Crippen molar-refractivity contribution in [1.82, 2.24) is 25.8 Å². The largest absolute Gasteiger partial charge is 0.355 e. The number of halogens is 1. The first kappa shape index (κ1) is 22.9. The Kier molecular flexibility index (Phi) is 8.58. The van der Waals surface area contributed by atoms with Gasteiger partial charge in [0.15, 0.2) is 5.96 Å². The van der Waals surface area contributed by atoms with Crippen LogP contribution in [0, 0.1) is 5.92 Å². The molecule has 26 heavy (non-hydrogen) atoms. The number of aliphatic imine (C=N–C) groups is 1. The fourth-order valence-electron chi connectivity index (χ4n) is 3.45. The minimum atomic E-state index is -0.792. The van der Waals surface area contributed by atoms with E-state index in [1.54, 1.807) is 7.05 Å². The quantitative estimate of drug-likeness (QED) is 0.235. The molecule has 2 heterocycles. The van der Waals surface area contributed by atoms with Gasteiger partial charge in [-0.1, -0.05) is 0 Å². The van der Waals surface area contributed by atoms with Gasteiger partial charge in [-0.05, 0) is 46.6 Å². The number of amides is 3. The molecule has 2 aliphatic rings. The molecule has 2 rings (SSSR count). The molecule has 150 valence electrons. The fourth-order valence-corrected chi connectivity index (χ4v) is 3.45. The highest BCUT2D eigenvalue weighted by Gasteiger charge is 2.48. The van der Waals surface area contributed by atoms with Crippen LogP contribution in [-0.2, 0) is 4.79 Å². The molecule has 1 unspecified atom stereocenters. The molecule has 2 saturated heterocycles. The van der Waals surface area contributed by atoms with Crippen LogP contribution in [0.5, 0.6) is 0 Å². The minimum Gasteiger partial charge on any atom is -0.355 e. The number of nitrogens with zero attached hydrogens (tertiary/aromatic N) is 3. The number of rotatable bonds is 5. The number of imide groups is 1. The number of hydrogen-bond donors (Lipinski definition) is 3. The van der Waals surface area contributed by atoms with E-state index in [1.807, 2.05) is 6.92 Å². The first-order chi connectivity index (χ1) is 11.8. The van der Waals surface area contributed by atoms with Crippen molar-refractivity contribution in [2.75, 3.05) is 40.3 Å². The number of nitrogens with one attached hydrogen (secondary N) is 3. The zero-order valence-electron chi connectivity index (χ0n) is 16.5. The summed E-state index contributed by atoms with van der Waals surface area (Å²) in [7, 11) is 3.91. The number of piperidine rings is 1. The summed E-state index contributed by atoms with van der Waals surface area (Å²) in [5.74, 6) is 0.830. The summed E-state index contributed by atoms with van der Waals surface area (Å²) in [5, 5.41) is 8.57. The van der Waals surface area contributed by atoms with Gasteiger partial charge in [-0.25, -0.2) is 4.79 Å². The van der Waals surface area contributed by atoms with E-state index in [9.17, 15) is 9.59 Å². The van der Waals surface area contributed by atoms with E-state index in [4.69, 9.17) is 0 Å². The molecule has 9 heteroatoms. The molecule has 3 N–H and O–H groups in total. The second kappa shape index (κ2) is 9.72. The lowest BCUT2D eigenvalue weighted by Crippen LogP contribution is -2.55. The van der Waals surface area contributed by atoms with Crippen molar-refractivity contribution in [2.24, 2.45) is 10.9 Å². The molecule has 2 fully saturated rings. The first-order valence-electron chi connectivity index (χ1n) is 9.07. The van der Waals surface area contributed by atoms with Gasteiger partial charge in [-0.2, -0.15) is 0 Å². The van der Waals surface area contributed by atoms with Crippen molar-refractivity contribution in [3.63, 3.8) is 0 Å². The van der Waals surface area contributed by atoms with Crippen LogP contribution < -0.4 is 16.0 Å². The fraction of sp³-hybridized carbons (Fsp3) is 0.824. The highest BCUT2D eigenvalue weighted by molar-refractivity contribution is 14.0. The Balaban J connectivity index is 0.00000338. The molecule has 0 aromatic rings. The predicted molar refractivity (Wildman–Crippen MR) is 114 cm³/mol. The molecule has 0 aromatic carbocycles. The molecule has 0 spiro atoms. The summed E-state index contributed by atoms with van der Waals surface area (Å²) >= 11 is 0. The first-order valence-corrected chi connectivity index (χ1v) is 9.07. The van der Waals surface area contributed by atoms with Crippen molar-refractivity contribution < 1.29 is 9.59 Å². The van der Waals surface area contributed by atoms with Gasteiger partial charge in [0.2, 0.25) is 0 Å². The van der Waals surface area contributed by atoms with E-state index in [-0.39, 0.29) is 41.8 Å². The highest BCUT2D eigenvalue weighted by atomic mass is 127. The van der Waals surface area contributed by atoms with Crippen LogP contribution in [0.3, 0.4) is 0 Å². The third-order valence-corrected chi connectivity index (χ3v) is 5.52. The average Bonchev–Trinajstić information content (AvgIpc) is 2.84. The number of likely N-dealkylation sites (tertiary alicyclic amines) is 1. The second-order valence-electron chi connectivity index (χ2n) is 7.42. The molecule has 0 saturated carbocycles. The van der Waals surface area contributed by atoms with Crippen LogP contribution in [0.15, 0.2) is 4.99 Å². The lowest BCUT2D eigenvalue weighted by Gasteiger charge is -2.39. The van der Waals surface area contributed by atoms with Gasteiger partial charge in [0.25, 0.3) is 5.91 Å². The normalized spacial score (nSPS) is 24.6. The summed E-state index contributed by atoms with van der Waals surface area (Å²) in [6, 6.07) is 0.134. The third kappa shape index (κ3) is 5.21. The summed E-state index contributed by atoms with van der Waals surface area (Å²) in [6.07, 6.45) is 1.69. The number of guanidine groups is 1. The molecule has 8 nitrogen and oxygen atoms in total. The Morgan fingerprint density at radius 3 is 2.46 bits per heavy atom. The Hall–Kier alpha value is -1.10. The van der Waals surface area contributed by atoms with Crippen LogP contribution in [-0.4, -0.2) is 79.6 Å². The van der Waals surface area contributed by atoms with Gasteiger partial charge in [0.1, 0.15) is 5.54 Å². The summed E-state index contributed by atoms with van der Waals surface area (Å²) in [6.45, 7) is 9.62. The zero-order valence-corrected chi connectivity index (χ0v) is 18.8. The van der Waals surface area contributed by atoms with Gasteiger partial charge in [-0.3, -0.25) is 15.1 Å². The van der Waals surface area contributed by atoms with E-state index in [2.05, 4.69) is 51.6 Å². The van der Waals surface area contributed by atoms with Gasteiger partial charge >= 0.3 is 6.03 Å². The summed E-state index contributed by atoms with van der Waals surface area (Å²) < 4.78 is 0. The van der Waals surface area contributed by atoms with Crippen molar-refractivity contribution in [1.29, 1.82) is 0 Å². The van der Waals surface area contributed by atoms with Crippen molar-refractivity contribution >= 4 is 41.9 Å². The van der Waals surface area contributed by atoms with E-state index in [1.165, 1.54) is 0 Å². The molecular formula is C17H33IN6O2. The zero-order chi connectivity index (χ0) is 18.6. The smallest absolute Gasteiger partial charge is 0.322 e. The van der Waals surface area contributed by atoms with E-state index < -0.39 is 5.54 Å². The maximum atomic E-state index is 12.1. The Labute approximate surface area is 173 Å². The van der Waals surface area contributed by atoms with Gasteiger partial charge in [0, 0.05) is 39.3 Å². The van der Waals surface area contributed by atoms with Crippen molar-refractivity contribution in [3.8, 4) is 0 Å². The number of hydrogen-bond acceptors (Lipinski definition) is 4. The van der Waals surface area contributed by atoms with Gasteiger partial charge in [0.05, 0.1) is 0 Å². The monoisotopic (exact) mass is 480 g/mol. The maximum absolute atomic E-state index is 12.1. The topological polar surface area (TPSA) is 89.1 Å². The maximum Gasteiger partial charge on any atom is 0.322 e. The van der Waals surface area contributed by atoms with Crippen LogP contribution in [0.25, 0.3) is 0 Å². The van der Waals surface area contributed by atoms with E-state index >= 15 is 0 Å². The number of urea groups is 1. The van der Waals surface area contributed by atoms with Crippen LogP contribution in [0.4, 0.5) is 4.79 Å². The molecule has 0 aromatic heterocycles. The van der Waals surface area contributed by atoms with Crippen molar-refractivity contribution in [3.05, 3.63) is 0 Å². The molecule has 3 amide bonds. The Morgan fingerprint density at radius 2 is 2.00 bits per heavy atom. The Morgan fingerprint density at radius 1 is 1.38 bits per heavy atom. The second-order valence-corrected chi connectivity index (χ2v) is 7.42. The summed E-state index contributed by atoms with van der Waals surface area (Å²) in [5.41, 5.74) is -0.792. The van der Waals surface area contributed by atoms with Crippen LogP contribution in [0.2, 0.25) is 0 Å². The van der Waals surface area contributed by atoms with Crippen molar-refractivity contribution in [2.45, 2.75) is 45.2 Å². The molecule has 2 aliphatic heterocycles. The van der Waals surface area contributed by atoms with Crippen LogP contribution >= 0.6 is 24.0 Å². The number of carbonyl (C=O) groups is 2.